The van der Waals surface area contributed by atoms with Gasteiger partial charge in [0.2, 0.25) is 11.8 Å². The number of nitrogens with zero attached hydrogens (tertiary/aromatic N) is 3. The third-order valence-electron chi connectivity index (χ3n) is 3.77. The molecule has 4 N–H and O–H groups in total. The molecule has 1 aromatic heterocycles. The zero-order chi connectivity index (χ0) is 15.4. The summed E-state index contributed by atoms with van der Waals surface area (Å²) in [6, 6.07) is 5.83. The number of halogens is 1. The third kappa shape index (κ3) is 2.16. The van der Waals surface area contributed by atoms with E-state index in [1.165, 1.54) is 0 Å². The normalized spacial score (nSPS) is 15.7. The molecule has 116 valence electrons. The summed E-state index contributed by atoms with van der Waals surface area (Å²) in [6.07, 6.45) is 2.11. The molecule has 1 aromatic carbocycles. The Morgan fingerprint density at radius 3 is 2.68 bits per heavy atom. The summed E-state index contributed by atoms with van der Waals surface area (Å²) in [4.78, 5) is 0. The lowest BCUT2D eigenvalue weighted by Gasteiger charge is -2.30. The zero-order valence-electron chi connectivity index (χ0n) is 12.6. The lowest BCUT2D eigenvalue weighted by molar-refractivity contribution is 0.362. The van der Waals surface area contributed by atoms with Crippen LogP contribution in [0.25, 0.3) is 16.5 Å². The van der Waals surface area contributed by atoms with Crippen molar-refractivity contribution in [3.8, 4) is 5.88 Å². The van der Waals surface area contributed by atoms with E-state index in [-0.39, 0.29) is 23.8 Å². The van der Waals surface area contributed by atoms with Crippen LogP contribution >= 0.6 is 12.4 Å². The minimum absolute atomic E-state index is 0. The molecule has 0 bridgehead atoms. The van der Waals surface area contributed by atoms with Crippen molar-refractivity contribution in [1.29, 1.82) is 5.41 Å². The SMILES string of the molecule is CC1=CC(C)(C)n2c(O)c(N=NC(=N)N)c3cccc1c32.Cl. The smallest absolute Gasteiger partial charge is 0.232 e. The van der Waals surface area contributed by atoms with Gasteiger partial charge in [0.25, 0.3) is 0 Å². The number of benzene rings is 1. The average molecular weight is 320 g/mol. The summed E-state index contributed by atoms with van der Waals surface area (Å²) in [5.74, 6) is -0.355. The molecule has 7 heteroatoms. The second kappa shape index (κ2) is 5.14. The van der Waals surface area contributed by atoms with Gasteiger partial charge in [0, 0.05) is 10.9 Å². The quantitative estimate of drug-likeness (QED) is 0.422. The van der Waals surface area contributed by atoms with Crippen molar-refractivity contribution in [2.45, 2.75) is 26.3 Å². The highest BCUT2D eigenvalue weighted by Crippen LogP contribution is 2.47. The van der Waals surface area contributed by atoms with Crippen molar-refractivity contribution in [1.82, 2.24) is 4.57 Å². The molecule has 0 aliphatic carbocycles. The van der Waals surface area contributed by atoms with Gasteiger partial charge >= 0.3 is 0 Å². The van der Waals surface area contributed by atoms with Crippen LogP contribution in [0, 0.1) is 5.41 Å². The van der Waals surface area contributed by atoms with Crippen LogP contribution in [-0.4, -0.2) is 15.6 Å². The van der Waals surface area contributed by atoms with Crippen molar-refractivity contribution >= 4 is 40.5 Å². The molecule has 22 heavy (non-hydrogen) atoms. The lowest BCUT2D eigenvalue weighted by Crippen LogP contribution is -2.26. The van der Waals surface area contributed by atoms with E-state index >= 15 is 0 Å². The van der Waals surface area contributed by atoms with Crippen LogP contribution in [-0.2, 0) is 5.54 Å². The lowest BCUT2D eigenvalue weighted by atomic mass is 9.92. The molecule has 1 aliphatic rings. The van der Waals surface area contributed by atoms with E-state index in [2.05, 4.69) is 23.2 Å². The maximum absolute atomic E-state index is 10.6. The van der Waals surface area contributed by atoms with E-state index in [4.69, 9.17) is 11.1 Å². The fourth-order valence-corrected chi connectivity index (χ4v) is 3.06. The number of hydrogen-bond donors (Lipinski definition) is 3. The molecule has 0 unspecified atom stereocenters. The number of rotatable bonds is 1. The second-order valence-corrected chi connectivity index (χ2v) is 5.78. The highest BCUT2D eigenvalue weighted by atomic mass is 35.5. The Hall–Kier alpha value is -2.34. The molecule has 2 aromatic rings. The van der Waals surface area contributed by atoms with Crippen LogP contribution < -0.4 is 5.73 Å². The number of allylic oxidation sites excluding steroid dienone is 2. The van der Waals surface area contributed by atoms with Gasteiger partial charge in [-0.25, -0.2) is 0 Å². The zero-order valence-corrected chi connectivity index (χ0v) is 13.4. The Morgan fingerprint density at radius 2 is 2.05 bits per heavy atom. The first-order valence-corrected chi connectivity index (χ1v) is 6.65. The summed E-state index contributed by atoms with van der Waals surface area (Å²) >= 11 is 0. The molecule has 0 fully saturated rings. The monoisotopic (exact) mass is 319 g/mol. The van der Waals surface area contributed by atoms with Crippen molar-refractivity contribution in [2.24, 2.45) is 16.0 Å². The number of azo groups is 1. The van der Waals surface area contributed by atoms with E-state index < -0.39 is 5.96 Å². The van der Waals surface area contributed by atoms with Crippen LogP contribution in [0.15, 0.2) is 34.5 Å². The summed E-state index contributed by atoms with van der Waals surface area (Å²) in [5, 5.41) is 26.0. The fourth-order valence-electron chi connectivity index (χ4n) is 3.06. The molecule has 0 saturated heterocycles. The Morgan fingerprint density at radius 1 is 1.36 bits per heavy atom. The second-order valence-electron chi connectivity index (χ2n) is 5.78. The Kier molecular flexibility index (Phi) is 3.74. The Bertz CT molecular complexity index is 832. The average Bonchev–Trinajstić information content (AvgIpc) is 2.67. The number of nitrogens with two attached hydrogens (primary N) is 1. The van der Waals surface area contributed by atoms with E-state index in [0.717, 1.165) is 22.0 Å². The minimum atomic E-state index is -0.394. The number of aromatic hydroxyl groups is 1. The van der Waals surface area contributed by atoms with Gasteiger partial charge in [-0.15, -0.1) is 22.6 Å². The van der Waals surface area contributed by atoms with Crippen molar-refractivity contribution in [3.05, 3.63) is 29.8 Å². The molecular weight excluding hydrogens is 302 g/mol. The molecule has 0 spiro atoms. The molecule has 0 saturated carbocycles. The van der Waals surface area contributed by atoms with E-state index in [1.54, 1.807) is 0 Å². The van der Waals surface area contributed by atoms with Gasteiger partial charge in [0.1, 0.15) is 0 Å². The van der Waals surface area contributed by atoms with Crippen molar-refractivity contribution < 1.29 is 5.11 Å². The number of hydrogen-bond acceptors (Lipinski definition) is 3. The van der Waals surface area contributed by atoms with Crippen LogP contribution in [0.2, 0.25) is 0 Å². The van der Waals surface area contributed by atoms with Crippen LogP contribution in [0.5, 0.6) is 5.88 Å². The standard InChI is InChI=1S/C15H17N5O.ClH/c1-8-7-15(2,3)20-12-9(8)5-4-6-10(12)11(13(20)21)18-19-14(16)17;/h4-7,21H,1-3H3,(H3,16,17);1H. The Labute approximate surface area is 134 Å². The molecule has 6 nitrogen and oxygen atoms in total. The summed E-state index contributed by atoms with van der Waals surface area (Å²) in [7, 11) is 0. The van der Waals surface area contributed by atoms with Gasteiger partial charge < -0.3 is 15.4 Å². The molecule has 3 rings (SSSR count). The molecular formula is C15H18ClN5O. The first kappa shape index (κ1) is 16.0. The van der Waals surface area contributed by atoms with Gasteiger partial charge in [0.15, 0.2) is 5.69 Å². The van der Waals surface area contributed by atoms with Gasteiger partial charge in [-0.2, -0.15) is 0 Å². The molecule has 0 radical (unpaired) electrons. The molecule has 1 aliphatic heterocycles. The van der Waals surface area contributed by atoms with E-state index in [0.29, 0.717) is 5.69 Å². The topological polar surface area (TPSA) is 99.7 Å². The molecule has 0 atom stereocenters. The number of para-hydroxylation sites is 1. The van der Waals surface area contributed by atoms with E-state index in [9.17, 15) is 5.11 Å². The first-order chi connectivity index (χ1) is 9.83. The Balaban J connectivity index is 0.00000176. The number of guanidine groups is 1. The predicted octanol–water partition coefficient (Wildman–Crippen LogP) is 3.90. The first-order valence-electron chi connectivity index (χ1n) is 6.65. The predicted molar refractivity (Wildman–Crippen MR) is 90.3 cm³/mol. The molecule has 2 heterocycles. The summed E-state index contributed by atoms with van der Waals surface area (Å²) in [6.45, 7) is 6.11. The van der Waals surface area contributed by atoms with Gasteiger partial charge in [-0.05, 0) is 26.3 Å². The maximum Gasteiger partial charge on any atom is 0.232 e. The summed E-state index contributed by atoms with van der Waals surface area (Å²) < 4.78 is 1.85. The molecule has 0 amide bonds. The van der Waals surface area contributed by atoms with Crippen molar-refractivity contribution in [3.63, 3.8) is 0 Å². The fraction of sp³-hybridized carbons (Fsp3) is 0.267. The van der Waals surface area contributed by atoms with Gasteiger partial charge in [-0.1, -0.05) is 24.3 Å². The summed E-state index contributed by atoms with van der Waals surface area (Å²) in [5.41, 5.74) is 8.34. The maximum atomic E-state index is 10.6. The van der Waals surface area contributed by atoms with Crippen molar-refractivity contribution in [2.75, 3.05) is 0 Å². The minimum Gasteiger partial charge on any atom is -0.493 e. The third-order valence-corrected chi connectivity index (χ3v) is 3.77. The van der Waals surface area contributed by atoms with Gasteiger partial charge in [-0.3, -0.25) is 5.41 Å². The highest BCUT2D eigenvalue weighted by Gasteiger charge is 2.31. The number of nitrogens with one attached hydrogen (secondary N) is 1. The van der Waals surface area contributed by atoms with Gasteiger partial charge in [0.05, 0.1) is 11.1 Å². The van der Waals surface area contributed by atoms with E-state index in [1.807, 2.05) is 36.6 Å². The van der Waals surface area contributed by atoms with Crippen LogP contribution in [0.4, 0.5) is 5.69 Å². The van der Waals surface area contributed by atoms with Crippen LogP contribution in [0.3, 0.4) is 0 Å². The highest BCUT2D eigenvalue weighted by molar-refractivity contribution is 6.02. The number of aromatic nitrogens is 1. The van der Waals surface area contributed by atoms with Crippen LogP contribution in [0.1, 0.15) is 26.3 Å². The largest absolute Gasteiger partial charge is 0.493 e.